The zero-order valence-corrected chi connectivity index (χ0v) is 14.2. The van der Waals surface area contributed by atoms with Crippen molar-refractivity contribution < 1.29 is 27.7 Å². The molecule has 142 valence electrons. The Hall–Kier alpha value is -2.50. The predicted molar refractivity (Wildman–Crippen MR) is 89.0 cm³/mol. The van der Waals surface area contributed by atoms with Crippen LogP contribution >= 0.6 is 11.8 Å². The summed E-state index contributed by atoms with van der Waals surface area (Å²) >= 11 is 1.13. The van der Waals surface area contributed by atoms with E-state index in [2.05, 4.69) is 10.6 Å². The van der Waals surface area contributed by atoms with Crippen LogP contribution in [0.15, 0.2) is 18.2 Å². The molecule has 0 bridgehead atoms. The van der Waals surface area contributed by atoms with Crippen molar-refractivity contribution in [2.45, 2.75) is 6.18 Å². The molecule has 1 aromatic rings. The first-order valence-electron chi connectivity index (χ1n) is 7.46. The fourth-order valence-electron chi connectivity index (χ4n) is 2.21. The van der Waals surface area contributed by atoms with E-state index in [1.165, 1.54) is 4.90 Å². The van der Waals surface area contributed by atoms with Crippen molar-refractivity contribution in [2.75, 3.05) is 37.2 Å². The maximum Gasteiger partial charge on any atom is 0.416 e. The average molecular weight is 392 g/mol. The normalized spacial score (nSPS) is 14.4. The number of amides is 2. The molecule has 1 aromatic carbocycles. The Labute approximate surface area is 150 Å². The quantitative estimate of drug-likeness (QED) is 0.419. The van der Waals surface area contributed by atoms with Crippen LogP contribution in [0.3, 0.4) is 0 Å². The first kappa shape index (κ1) is 19.8. The van der Waals surface area contributed by atoms with Crippen LogP contribution in [0.1, 0.15) is 5.56 Å². The van der Waals surface area contributed by atoms with Gasteiger partial charge in [0.1, 0.15) is 12.2 Å². The van der Waals surface area contributed by atoms with Gasteiger partial charge >= 0.3 is 6.18 Å². The summed E-state index contributed by atoms with van der Waals surface area (Å²) in [5, 5.41) is 15.9. The Morgan fingerprint density at radius 2 is 2.08 bits per heavy atom. The van der Waals surface area contributed by atoms with Gasteiger partial charge in [0.2, 0.25) is 5.91 Å². The van der Waals surface area contributed by atoms with Crippen molar-refractivity contribution in [3.05, 3.63) is 33.9 Å². The van der Waals surface area contributed by atoms with Gasteiger partial charge in [-0.05, 0) is 12.1 Å². The summed E-state index contributed by atoms with van der Waals surface area (Å²) in [6, 6.07) is 2.17. The second-order valence-electron chi connectivity index (χ2n) is 5.30. The standard InChI is InChI=1S/C14H15F3N4O4S/c15-14(16,17)9-1-2-10(11(7-9)21(24)25)18-3-4-19-12(22)8-20-5-6-26-13(20)23/h1-2,7,18H,3-6,8H2,(H,19,22). The number of benzene rings is 1. The minimum atomic E-state index is -4.68. The minimum absolute atomic E-state index is 0.0701. The lowest BCUT2D eigenvalue weighted by Crippen LogP contribution is -2.39. The molecule has 2 rings (SSSR count). The predicted octanol–water partition coefficient (Wildman–Crippen LogP) is 2.31. The monoisotopic (exact) mass is 392 g/mol. The molecule has 12 heteroatoms. The van der Waals surface area contributed by atoms with Gasteiger partial charge in [-0.25, -0.2) is 0 Å². The summed E-state index contributed by atoms with van der Waals surface area (Å²) in [7, 11) is 0. The maximum atomic E-state index is 12.6. The summed E-state index contributed by atoms with van der Waals surface area (Å²) in [4.78, 5) is 34.5. The van der Waals surface area contributed by atoms with Crippen LogP contribution in [0.2, 0.25) is 0 Å². The molecular weight excluding hydrogens is 377 g/mol. The largest absolute Gasteiger partial charge is 0.416 e. The molecule has 1 fully saturated rings. The highest BCUT2D eigenvalue weighted by atomic mass is 32.2. The SMILES string of the molecule is O=C(CN1CCSC1=O)NCCNc1ccc(C(F)(F)F)cc1[N+](=O)[O-]. The molecular formula is C14H15F3N4O4S. The highest BCUT2D eigenvalue weighted by Crippen LogP contribution is 2.34. The molecule has 0 unspecified atom stereocenters. The van der Waals surface area contributed by atoms with Gasteiger partial charge in [-0.1, -0.05) is 11.8 Å². The van der Waals surface area contributed by atoms with Gasteiger partial charge in [0.05, 0.1) is 10.5 Å². The Balaban J connectivity index is 1.86. The third-order valence-corrected chi connectivity index (χ3v) is 4.36. The first-order valence-corrected chi connectivity index (χ1v) is 8.45. The van der Waals surface area contributed by atoms with Gasteiger partial charge < -0.3 is 15.5 Å². The summed E-state index contributed by atoms with van der Waals surface area (Å²) in [5.41, 5.74) is -1.90. The Bertz CT molecular complexity index is 714. The van der Waals surface area contributed by atoms with E-state index < -0.39 is 22.4 Å². The van der Waals surface area contributed by atoms with Gasteiger partial charge in [-0.3, -0.25) is 19.7 Å². The molecule has 1 heterocycles. The molecule has 1 aliphatic rings. The Kier molecular flexibility index (Phi) is 6.29. The highest BCUT2D eigenvalue weighted by Gasteiger charge is 2.33. The second-order valence-corrected chi connectivity index (χ2v) is 6.35. The number of halogens is 3. The van der Waals surface area contributed by atoms with E-state index in [1.54, 1.807) is 0 Å². The van der Waals surface area contributed by atoms with E-state index in [4.69, 9.17) is 0 Å². The van der Waals surface area contributed by atoms with Crippen molar-refractivity contribution >= 4 is 34.3 Å². The average Bonchev–Trinajstić information content (AvgIpc) is 2.95. The minimum Gasteiger partial charge on any atom is -0.378 e. The van der Waals surface area contributed by atoms with Crippen LogP contribution < -0.4 is 10.6 Å². The van der Waals surface area contributed by atoms with Crippen molar-refractivity contribution in [1.29, 1.82) is 0 Å². The molecule has 8 nitrogen and oxygen atoms in total. The van der Waals surface area contributed by atoms with Crippen molar-refractivity contribution in [3.63, 3.8) is 0 Å². The number of hydrogen-bond acceptors (Lipinski definition) is 6. The number of thioether (sulfide) groups is 1. The molecule has 26 heavy (non-hydrogen) atoms. The van der Waals surface area contributed by atoms with Crippen LogP contribution in [-0.2, 0) is 11.0 Å². The third-order valence-electron chi connectivity index (χ3n) is 3.46. The zero-order valence-electron chi connectivity index (χ0n) is 13.3. The zero-order chi connectivity index (χ0) is 19.3. The lowest BCUT2D eigenvalue weighted by molar-refractivity contribution is -0.384. The van der Waals surface area contributed by atoms with Gasteiger partial charge in [-0.2, -0.15) is 13.2 Å². The van der Waals surface area contributed by atoms with E-state index in [9.17, 15) is 32.9 Å². The Morgan fingerprint density at radius 3 is 2.65 bits per heavy atom. The van der Waals surface area contributed by atoms with E-state index in [-0.39, 0.29) is 36.5 Å². The highest BCUT2D eigenvalue weighted by molar-refractivity contribution is 8.13. The molecule has 0 aromatic heterocycles. The smallest absolute Gasteiger partial charge is 0.378 e. The number of nitro groups is 1. The number of carbonyl (C=O) groups excluding carboxylic acids is 2. The van der Waals surface area contributed by atoms with Crippen LogP contribution in [0.5, 0.6) is 0 Å². The molecule has 0 saturated carbocycles. The van der Waals surface area contributed by atoms with E-state index in [0.717, 1.165) is 23.9 Å². The van der Waals surface area contributed by atoms with Gasteiger partial charge in [0, 0.05) is 31.5 Å². The topological polar surface area (TPSA) is 105 Å². The second kappa shape index (κ2) is 8.25. The molecule has 0 atom stereocenters. The number of nitro benzene ring substituents is 1. The summed E-state index contributed by atoms with van der Waals surface area (Å²) in [6.07, 6.45) is -4.68. The molecule has 2 N–H and O–H groups in total. The number of anilines is 1. The molecule has 0 spiro atoms. The van der Waals surface area contributed by atoms with E-state index in [1.807, 2.05) is 0 Å². The van der Waals surface area contributed by atoms with Crippen molar-refractivity contribution in [3.8, 4) is 0 Å². The van der Waals surface area contributed by atoms with Crippen LogP contribution in [-0.4, -0.2) is 52.9 Å². The molecule has 2 amide bonds. The number of nitrogens with zero attached hydrogens (tertiary/aromatic N) is 2. The fourth-order valence-corrected chi connectivity index (χ4v) is 3.03. The lowest BCUT2D eigenvalue weighted by atomic mass is 10.1. The number of carbonyl (C=O) groups is 2. The summed E-state index contributed by atoms with van der Waals surface area (Å²) in [6.45, 7) is 0.575. The Morgan fingerprint density at radius 1 is 1.35 bits per heavy atom. The number of alkyl halides is 3. The van der Waals surface area contributed by atoms with Gasteiger partial charge in [0.15, 0.2) is 0 Å². The number of nitrogens with one attached hydrogen (secondary N) is 2. The number of hydrogen-bond donors (Lipinski definition) is 2. The van der Waals surface area contributed by atoms with Gasteiger partial charge in [0.25, 0.3) is 10.9 Å². The third kappa shape index (κ3) is 5.25. The van der Waals surface area contributed by atoms with Crippen LogP contribution in [0.4, 0.5) is 29.3 Å². The lowest BCUT2D eigenvalue weighted by Gasteiger charge is -2.14. The van der Waals surface area contributed by atoms with Crippen LogP contribution in [0.25, 0.3) is 0 Å². The van der Waals surface area contributed by atoms with E-state index in [0.29, 0.717) is 18.4 Å². The molecule has 1 aliphatic heterocycles. The fraction of sp³-hybridized carbons (Fsp3) is 0.429. The summed E-state index contributed by atoms with van der Waals surface area (Å²) in [5.74, 6) is 0.246. The number of rotatable bonds is 7. The van der Waals surface area contributed by atoms with Crippen molar-refractivity contribution in [1.82, 2.24) is 10.2 Å². The molecule has 0 aliphatic carbocycles. The summed E-state index contributed by atoms with van der Waals surface area (Å²) < 4.78 is 37.9. The van der Waals surface area contributed by atoms with Gasteiger partial charge in [-0.15, -0.1) is 0 Å². The maximum absolute atomic E-state index is 12.6. The molecule has 0 radical (unpaired) electrons. The van der Waals surface area contributed by atoms with Crippen LogP contribution in [0, 0.1) is 10.1 Å². The van der Waals surface area contributed by atoms with E-state index >= 15 is 0 Å². The first-order chi connectivity index (χ1) is 12.2. The molecule has 1 saturated heterocycles. The van der Waals surface area contributed by atoms with Crippen molar-refractivity contribution in [2.24, 2.45) is 0 Å².